The zero-order chi connectivity index (χ0) is 46.9. The van der Waals surface area contributed by atoms with E-state index >= 15 is 0 Å². The molecule has 4 aromatic carbocycles. The van der Waals surface area contributed by atoms with Gasteiger partial charge in [0.05, 0.1) is 40.5 Å². The number of piperidine rings is 2. The zero-order valence-electron chi connectivity index (χ0n) is 38.0. The van der Waals surface area contributed by atoms with Gasteiger partial charge in [-0.25, -0.2) is 0 Å². The van der Waals surface area contributed by atoms with Crippen LogP contribution >= 0.6 is 0 Å². The van der Waals surface area contributed by atoms with Crippen LogP contribution in [0.3, 0.4) is 0 Å². The molecule has 15 heteroatoms. The van der Waals surface area contributed by atoms with Gasteiger partial charge in [-0.3, -0.25) is 39.1 Å². The van der Waals surface area contributed by atoms with Crippen LogP contribution in [0, 0.1) is 10.1 Å². The van der Waals surface area contributed by atoms with Crippen LogP contribution < -0.4 is 19.9 Å². The van der Waals surface area contributed by atoms with Crippen molar-refractivity contribution < 1.29 is 33.6 Å². The molecule has 1 atom stereocenters. The molecule has 350 valence electrons. The van der Waals surface area contributed by atoms with E-state index in [1.54, 1.807) is 35.3 Å². The first-order valence-corrected chi connectivity index (χ1v) is 23.7. The van der Waals surface area contributed by atoms with E-state index < -0.39 is 22.8 Å². The standard InChI is InChI=1S/C53H55N7O8/c1-35-9-20-49(50(61)54-35)59-52(63)46-19-16-39(31-47(46)53(59)64)57-29-27-56(28-30-57)26-25-55-23-21-41(22-24-55)68-43-32-42(33-43)67-40-17-12-37(13-18-40)34-58-48-8-3-2-6-44(48)45(51(58)62)7-4-5-36-10-14-38(15-11-36)60(65)66/h2-8,10-19,31,41-43,49H,1,9,20-30,32-34H2,(H,54,61)/b5-4+,45-7-. The number of nitro benzene ring substituents is 1. The SMILES string of the molecule is C=C1CCC(N2C(=O)c3ccc(N4CCN(CCN5CCC(OC6CC(Oc7ccc(CN8C(=O)/C(=C\C=C\c9ccc([N+](=O)[O-])cc9)c9ccccc98)cc7)C6)CC5)CC4)cc3C2=O)C(=O)N1. The molecule has 0 bridgehead atoms. The van der Waals surface area contributed by atoms with E-state index in [9.17, 15) is 29.3 Å². The number of ether oxygens (including phenoxy) is 2. The molecule has 1 unspecified atom stereocenters. The average molecular weight is 918 g/mol. The van der Waals surface area contributed by atoms with Crippen LogP contribution in [0.5, 0.6) is 5.75 Å². The van der Waals surface area contributed by atoms with Crippen LogP contribution in [-0.4, -0.2) is 120 Å². The number of amides is 4. The van der Waals surface area contributed by atoms with E-state index in [0.717, 1.165) is 117 Å². The normalized spacial score (nSPS) is 23.1. The lowest BCUT2D eigenvalue weighted by Gasteiger charge is -2.40. The number of fused-ring (bicyclic) bond motifs is 2. The van der Waals surface area contributed by atoms with Crippen molar-refractivity contribution in [2.45, 2.75) is 69.4 Å². The van der Waals surface area contributed by atoms with E-state index in [1.165, 1.54) is 12.1 Å². The summed E-state index contributed by atoms with van der Waals surface area (Å²) in [6.07, 6.45) is 10.7. The van der Waals surface area contributed by atoms with Crippen molar-refractivity contribution in [1.82, 2.24) is 20.0 Å². The second kappa shape index (κ2) is 19.3. The highest BCUT2D eigenvalue weighted by molar-refractivity contribution is 6.32. The number of carbonyl (C=O) groups is 4. The largest absolute Gasteiger partial charge is 0.490 e. The minimum Gasteiger partial charge on any atom is -0.490 e. The number of non-ortho nitro benzene ring substituents is 1. The Morgan fingerprint density at radius 1 is 0.735 bits per heavy atom. The Morgan fingerprint density at radius 2 is 1.44 bits per heavy atom. The van der Waals surface area contributed by atoms with E-state index in [0.29, 0.717) is 41.8 Å². The summed E-state index contributed by atoms with van der Waals surface area (Å²) in [7, 11) is 0. The number of para-hydroxylation sites is 1. The number of allylic oxidation sites excluding steroid dienone is 3. The number of nitrogens with one attached hydrogen (secondary N) is 1. The third kappa shape index (κ3) is 9.46. The quantitative estimate of drug-likeness (QED) is 0.0612. The highest BCUT2D eigenvalue weighted by Gasteiger charge is 2.44. The Hall–Kier alpha value is -6.94. The van der Waals surface area contributed by atoms with Gasteiger partial charge in [-0.1, -0.05) is 49.1 Å². The summed E-state index contributed by atoms with van der Waals surface area (Å²) in [6.45, 7) is 11.8. The molecule has 5 heterocycles. The van der Waals surface area contributed by atoms with E-state index in [-0.39, 0.29) is 35.8 Å². The van der Waals surface area contributed by atoms with Crippen molar-refractivity contribution in [3.05, 3.63) is 153 Å². The van der Waals surface area contributed by atoms with Crippen LogP contribution in [0.2, 0.25) is 0 Å². The van der Waals surface area contributed by atoms with Crippen molar-refractivity contribution in [3.63, 3.8) is 0 Å². The maximum atomic E-state index is 13.7. The number of carbonyl (C=O) groups excluding carboxylic acids is 4. The number of hydrogen-bond acceptors (Lipinski definition) is 11. The van der Waals surface area contributed by atoms with E-state index in [4.69, 9.17) is 9.47 Å². The number of benzene rings is 4. The van der Waals surface area contributed by atoms with Crippen LogP contribution in [0.15, 0.2) is 115 Å². The summed E-state index contributed by atoms with van der Waals surface area (Å²) in [6, 6.07) is 26.7. The molecular formula is C53H55N7O8. The summed E-state index contributed by atoms with van der Waals surface area (Å²) in [5.41, 5.74) is 6.41. The fraction of sp³-hybridized carbons (Fsp3) is 0.358. The third-order valence-corrected chi connectivity index (χ3v) is 14.2. The molecule has 4 aromatic rings. The van der Waals surface area contributed by atoms with Crippen molar-refractivity contribution in [2.24, 2.45) is 0 Å². The maximum Gasteiger partial charge on any atom is 0.269 e. The number of nitrogens with zero attached hydrogens (tertiary/aromatic N) is 6. The molecule has 4 fully saturated rings. The van der Waals surface area contributed by atoms with Crippen molar-refractivity contribution in [2.75, 3.05) is 62.2 Å². The van der Waals surface area contributed by atoms with Gasteiger partial charge in [0.25, 0.3) is 23.4 Å². The number of hydrogen-bond donors (Lipinski definition) is 1. The molecular weight excluding hydrogens is 863 g/mol. The molecule has 6 aliphatic rings. The molecule has 0 aromatic heterocycles. The first-order chi connectivity index (χ1) is 33.0. The number of anilines is 2. The molecule has 68 heavy (non-hydrogen) atoms. The molecule has 15 nitrogen and oxygen atoms in total. The Labute approximate surface area is 395 Å². The Morgan fingerprint density at radius 3 is 2.16 bits per heavy atom. The number of rotatable bonds is 14. The minimum atomic E-state index is -0.813. The van der Waals surface area contributed by atoms with Gasteiger partial charge in [0.1, 0.15) is 17.9 Å². The summed E-state index contributed by atoms with van der Waals surface area (Å²) in [5, 5.41) is 13.7. The number of likely N-dealkylation sites (tertiary alicyclic amines) is 1. The van der Waals surface area contributed by atoms with Crippen molar-refractivity contribution in [3.8, 4) is 5.75 Å². The molecule has 0 radical (unpaired) electrons. The van der Waals surface area contributed by atoms with Gasteiger partial charge in [0, 0.05) is 99.9 Å². The predicted molar refractivity (Wildman–Crippen MR) is 258 cm³/mol. The van der Waals surface area contributed by atoms with Crippen LogP contribution in [0.25, 0.3) is 11.6 Å². The van der Waals surface area contributed by atoms with Crippen molar-refractivity contribution in [1.29, 1.82) is 0 Å². The summed E-state index contributed by atoms with van der Waals surface area (Å²) in [4.78, 5) is 73.7. The Kier molecular flexibility index (Phi) is 12.8. The van der Waals surface area contributed by atoms with Gasteiger partial charge in [0.2, 0.25) is 5.91 Å². The second-order valence-electron chi connectivity index (χ2n) is 18.5. The highest BCUT2D eigenvalue weighted by Crippen LogP contribution is 2.38. The number of imide groups is 1. The molecule has 10 rings (SSSR count). The lowest BCUT2D eigenvalue weighted by Crippen LogP contribution is -2.51. The lowest BCUT2D eigenvalue weighted by atomic mass is 9.91. The van der Waals surface area contributed by atoms with Gasteiger partial charge in [0.15, 0.2) is 0 Å². The fourth-order valence-corrected chi connectivity index (χ4v) is 10.1. The monoisotopic (exact) mass is 917 g/mol. The van der Waals surface area contributed by atoms with Crippen molar-refractivity contribution >= 4 is 52.3 Å². The molecule has 1 saturated carbocycles. The molecule has 1 N–H and O–H groups in total. The second-order valence-corrected chi connectivity index (χ2v) is 18.5. The maximum absolute atomic E-state index is 13.7. The lowest BCUT2D eigenvalue weighted by molar-refractivity contribution is -0.384. The molecule has 3 saturated heterocycles. The first kappa shape index (κ1) is 44.9. The number of nitro groups is 1. The molecule has 5 aliphatic heterocycles. The minimum absolute atomic E-state index is 0.0333. The molecule has 1 aliphatic carbocycles. The predicted octanol–water partition coefficient (Wildman–Crippen LogP) is 6.84. The van der Waals surface area contributed by atoms with Gasteiger partial charge in [-0.05, 0) is 91.4 Å². The highest BCUT2D eigenvalue weighted by atomic mass is 16.6. The third-order valence-electron chi connectivity index (χ3n) is 14.2. The van der Waals surface area contributed by atoms with Crippen LogP contribution in [-0.2, 0) is 20.9 Å². The van der Waals surface area contributed by atoms with Gasteiger partial charge >= 0.3 is 0 Å². The summed E-state index contributed by atoms with van der Waals surface area (Å²) < 4.78 is 12.8. The van der Waals surface area contributed by atoms with Crippen LogP contribution in [0.1, 0.15) is 75.9 Å². The van der Waals surface area contributed by atoms with Crippen LogP contribution in [0.4, 0.5) is 17.1 Å². The zero-order valence-corrected chi connectivity index (χ0v) is 38.0. The Bertz CT molecular complexity index is 2680. The average Bonchev–Trinajstić information content (AvgIpc) is 3.75. The van der Waals surface area contributed by atoms with E-state index in [1.807, 2.05) is 66.7 Å². The van der Waals surface area contributed by atoms with Gasteiger partial charge in [-0.2, -0.15) is 0 Å². The molecule has 0 spiro atoms. The summed E-state index contributed by atoms with van der Waals surface area (Å²) in [5.74, 6) is -0.443. The smallest absolute Gasteiger partial charge is 0.269 e. The van der Waals surface area contributed by atoms with Gasteiger partial charge < -0.3 is 29.5 Å². The summed E-state index contributed by atoms with van der Waals surface area (Å²) >= 11 is 0. The van der Waals surface area contributed by atoms with Gasteiger partial charge in [-0.15, -0.1) is 0 Å². The molecule has 4 amide bonds. The topological polar surface area (TPSA) is 158 Å². The fourth-order valence-electron chi connectivity index (χ4n) is 10.1. The Balaban J connectivity index is 0.621. The van der Waals surface area contributed by atoms with E-state index in [2.05, 4.69) is 26.6 Å². The first-order valence-electron chi connectivity index (χ1n) is 23.7. The number of piperazine rings is 1.